The summed E-state index contributed by atoms with van der Waals surface area (Å²) in [6, 6.07) is 0. The van der Waals surface area contributed by atoms with Gasteiger partial charge in [0.15, 0.2) is 11.6 Å². The molecule has 0 saturated carbocycles. The Bertz CT molecular complexity index is 513. The highest BCUT2D eigenvalue weighted by Crippen LogP contribution is 2.30. The van der Waals surface area contributed by atoms with Crippen LogP contribution in [0.15, 0.2) is 6.20 Å². The maximum atomic E-state index is 13.6. The van der Waals surface area contributed by atoms with Gasteiger partial charge in [-0.3, -0.25) is 0 Å². The highest BCUT2D eigenvalue weighted by molar-refractivity contribution is 5.43. The fourth-order valence-electron chi connectivity index (χ4n) is 2.68. The summed E-state index contributed by atoms with van der Waals surface area (Å²) < 4.78 is 38.1. The van der Waals surface area contributed by atoms with Crippen molar-refractivity contribution in [2.45, 2.75) is 39.2 Å². The van der Waals surface area contributed by atoms with E-state index in [2.05, 4.69) is 15.3 Å². The molecule has 1 aliphatic heterocycles. The molecule has 0 aromatic carbocycles. The maximum absolute atomic E-state index is 13.6. The molecule has 0 bridgehead atoms. The fourth-order valence-corrected chi connectivity index (χ4v) is 2.68. The topological polar surface area (TPSA) is 61.3 Å². The van der Waals surface area contributed by atoms with Crippen LogP contribution in [0, 0.1) is 11.2 Å². The molecule has 1 saturated heterocycles. The predicted octanol–water partition coefficient (Wildman–Crippen LogP) is 2.28. The molecular weight excluding hydrogens is 297 g/mol. The summed E-state index contributed by atoms with van der Waals surface area (Å²) in [6.07, 6.45) is -0.808. The molecule has 2 rings (SSSR count). The lowest BCUT2D eigenvalue weighted by Gasteiger charge is -2.29. The number of rotatable bonds is 4. The standard InChI is InChI=1S/C14H21F3N4O/c1-14(2)5-9(22)3-4-21(8-14)13-19-6-10(15)12(20-13)18-7-11(16)17/h6,9,11,22H,3-5,7-8H2,1-2H3,(H,18,19,20)/t9-/m0/s1. The minimum atomic E-state index is -2.59. The molecule has 0 radical (unpaired) electrons. The molecular formula is C14H21F3N4O. The third kappa shape index (κ3) is 4.46. The first-order chi connectivity index (χ1) is 10.3. The number of hydrogen-bond donors (Lipinski definition) is 2. The first kappa shape index (κ1) is 16.8. The molecule has 124 valence electrons. The number of hydrogen-bond acceptors (Lipinski definition) is 5. The smallest absolute Gasteiger partial charge is 0.255 e. The van der Waals surface area contributed by atoms with Crippen molar-refractivity contribution < 1.29 is 18.3 Å². The Kier molecular flexibility index (Phi) is 5.10. The number of aromatic nitrogens is 2. The summed E-state index contributed by atoms with van der Waals surface area (Å²) in [4.78, 5) is 9.82. The van der Waals surface area contributed by atoms with Gasteiger partial charge in [0.1, 0.15) is 0 Å². The number of alkyl halides is 2. The zero-order chi connectivity index (χ0) is 16.3. The SMILES string of the molecule is CC1(C)C[C@@H](O)CCN(c2ncc(F)c(NCC(F)F)n2)C1. The Hall–Kier alpha value is -1.57. The van der Waals surface area contributed by atoms with Gasteiger partial charge in [0.05, 0.1) is 18.8 Å². The van der Waals surface area contributed by atoms with Crippen LogP contribution in [0.4, 0.5) is 24.9 Å². The Labute approximate surface area is 127 Å². The van der Waals surface area contributed by atoms with Crippen LogP contribution in [-0.2, 0) is 0 Å². The van der Waals surface area contributed by atoms with E-state index >= 15 is 0 Å². The molecule has 0 spiro atoms. The van der Waals surface area contributed by atoms with Crippen LogP contribution >= 0.6 is 0 Å². The van der Waals surface area contributed by atoms with Gasteiger partial charge >= 0.3 is 0 Å². The lowest BCUT2D eigenvalue weighted by atomic mass is 9.87. The number of aliphatic hydroxyl groups is 1. The first-order valence-electron chi connectivity index (χ1n) is 7.24. The average Bonchev–Trinajstić information content (AvgIpc) is 2.55. The zero-order valence-corrected chi connectivity index (χ0v) is 12.7. The fraction of sp³-hybridized carbons (Fsp3) is 0.714. The predicted molar refractivity (Wildman–Crippen MR) is 77.7 cm³/mol. The van der Waals surface area contributed by atoms with Gasteiger partial charge in [0.2, 0.25) is 5.95 Å². The van der Waals surface area contributed by atoms with Crippen molar-refractivity contribution in [1.29, 1.82) is 0 Å². The van der Waals surface area contributed by atoms with E-state index in [1.54, 1.807) is 0 Å². The molecule has 2 heterocycles. The van der Waals surface area contributed by atoms with E-state index < -0.39 is 24.9 Å². The Morgan fingerprint density at radius 2 is 2.23 bits per heavy atom. The lowest BCUT2D eigenvalue weighted by Crippen LogP contribution is -2.34. The normalized spacial score (nSPS) is 21.8. The number of nitrogens with one attached hydrogen (secondary N) is 1. The van der Waals surface area contributed by atoms with Gasteiger partial charge in [0, 0.05) is 13.1 Å². The van der Waals surface area contributed by atoms with Crippen molar-refractivity contribution in [3.8, 4) is 0 Å². The summed E-state index contributed by atoms with van der Waals surface area (Å²) in [5.74, 6) is -0.716. The van der Waals surface area contributed by atoms with Crippen molar-refractivity contribution in [3.63, 3.8) is 0 Å². The Balaban J connectivity index is 2.18. The van der Waals surface area contributed by atoms with E-state index in [4.69, 9.17) is 0 Å². The van der Waals surface area contributed by atoms with Gasteiger partial charge < -0.3 is 15.3 Å². The quantitative estimate of drug-likeness (QED) is 0.892. The van der Waals surface area contributed by atoms with Crippen LogP contribution in [-0.4, -0.2) is 47.2 Å². The van der Waals surface area contributed by atoms with Crippen molar-refractivity contribution in [3.05, 3.63) is 12.0 Å². The molecule has 5 nitrogen and oxygen atoms in total. The van der Waals surface area contributed by atoms with Gasteiger partial charge in [-0.2, -0.15) is 4.98 Å². The largest absolute Gasteiger partial charge is 0.393 e. The van der Waals surface area contributed by atoms with Crippen LogP contribution < -0.4 is 10.2 Å². The van der Waals surface area contributed by atoms with Gasteiger partial charge in [-0.25, -0.2) is 18.2 Å². The molecule has 0 amide bonds. The van der Waals surface area contributed by atoms with E-state index in [0.717, 1.165) is 6.20 Å². The second-order valence-corrected chi connectivity index (χ2v) is 6.37. The second-order valence-electron chi connectivity index (χ2n) is 6.37. The first-order valence-corrected chi connectivity index (χ1v) is 7.24. The lowest BCUT2D eigenvalue weighted by molar-refractivity contribution is 0.123. The molecule has 0 unspecified atom stereocenters. The maximum Gasteiger partial charge on any atom is 0.255 e. The highest BCUT2D eigenvalue weighted by atomic mass is 19.3. The van der Waals surface area contributed by atoms with Crippen LogP contribution in [0.1, 0.15) is 26.7 Å². The van der Waals surface area contributed by atoms with Crippen LogP contribution in [0.25, 0.3) is 0 Å². The van der Waals surface area contributed by atoms with Crippen molar-refractivity contribution >= 4 is 11.8 Å². The molecule has 1 fully saturated rings. The number of halogens is 3. The number of anilines is 2. The molecule has 22 heavy (non-hydrogen) atoms. The third-order valence-corrected chi connectivity index (χ3v) is 3.58. The monoisotopic (exact) mass is 318 g/mol. The van der Waals surface area contributed by atoms with Gasteiger partial charge in [-0.1, -0.05) is 13.8 Å². The van der Waals surface area contributed by atoms with Crippen LogP contribution in [0.5, 0.6) is 0 Å². The third-order valence-electron chi connectivity index (χ3n) is 3.58. The number of aliphatic hydroxyl groups excluding tert-OH is 1. The van der Waals surface area contributed by atoms with Gasteiger partial charge in [-0.05, 0) is 18.3 Å². The second kappa shape index (κ2) is 6.68. The zero-order valence-electron chi connectivity index (χ0n) is 12.7. The molecule has 1 aromatic rings. The summed E-state index contributed by atoms with van der Waals surface area (Å²) in [5.41, 5.74) is -0.149. The minimum Gasteiger partial charge on any atom is -0.393 e. The van der Waals surface area contributed by atoms with E-state index in [0.29, 0.717) is 25.9 Å². The number of nitrogens with zero attached hydrogens (tertiary/aromatic N) is 3. The highest BCUT2D eigenvalue weighted by Gasteiger charge is 2.30. The molecule has 2 N–H and O–H groups in total. The van der Waals surface area contributed by atoms with Gasteiger partial charge in [0.25, 0.3) is 6.43 Å². The molecule has 1 atom stereocenters. The van der Waals surface area contributed by atoms with E-state index in [1.807, 2.05) is 18.7 Å². The van der Waals surface area contributed by atoms with Crippen molar-refractivity contribution in [2.24, 2.45) is 5.41 Å². The van der Waals surface area contributed by atoms with Crippen molar-refractivity contribution in [2.75, 3.05) is 29.9 Å². The van der Waals surface area contributed by atoms with E-state index in [9.17, 15) is 18.3 Å². The van der Waals surface area contributed by atoms with Crippen LogP contribution in [0.3, 0.4) is 0 Å². The minimum absolute atomic E-state index is 0.149. The molecule has 1 aromatic heterocycles. The average molecular weight is 318 g/mol. The summed E-state index contributed by atoms with van der Waals surface area (Å²) in [6.45, 7) is 4.51. The van der Waals surface area contributed by atoms with Crippen LogP contribution in [0.2, 0.25) is 0 Å². The Morgan fingerprint density at radius 3 is 2.91 bits per heavy atom. The summed E-state index contributed by atoms with van der Waals surface area (Å²) >= 11 is 0. The van der Waals surface area contributed by atoms with E-state index in [-0.39, 0.29) is 17.2 Å². The molecule has 8 heteroatoms. The van der Waals surface area contributed by atoms with Crippen molar-refractivity contribution in [1.82, 2.24) is 9.97 Å². The molecule has 1 aliphatic rings. The van der Waals surface area contributed by atoms with Gasteiger partial charge in [-0.15, -0.1) is 0 Å². The molecule has 0 aliphatic carbocycles. The summed E-state index contributed by atoms with van der Waals surface area (Å²) in [7, 11) is 0. The Morgan fingerprint density at radius 1 is 1.50 bits per heavy atom. The van der Waals surface area contributed by atoms with E-state index in [1.165, 1.54) is 0 Å². The summed E-state index contributed by atoms with van der Waals surface area (Å²) in [5, 5.41) is 12.2.